The first-order chi connectivity index (χ1) is 7.31. The largest absolute Gasteiger partial charge is 0.201 e. The lowest BCUT2D eigenvalue weighted by atomic mass is 9.99. The molecular formula is C11H14N4. The van der Waals surface area contributed by atoms with Gasteiger partial charge in [0.2, 0.25) is 0 Å². The average Bonchev–Trinajstić information content (AvgIpc) is 2.82. The zero-order valence-electron chi connectivity index (χ0n) is 8.96. The van der Waals surface area contributed by atoms with Gasteiger partial charge in [-0.3, -0.25) is 0 Å². The molecule has 0 spiro atoms. The van der Waals surface area contributed by atoms with E-state index < -0.39 is 0 Å². The Balaban J connectivity index is 2.25. The second-order valence-corrected chi connectivity index (χ2v) is 3.66. The van der Waals surface area contributed by atoms with Gasteiger partial charge in [-0.1, -0.05) is 26.0 Å². The van der Waals surface area contributed by atoms with Crippen LogP contribution in [0.15, 0.2) is 30.6 Å². The molecule has 78 valence electrons. The predicted octanol–water partition coefficient (Wildman–Crippen LogP) is 2.18. The van der Waals surface area contributed by atoms with E-state index in [2.05, 4.69) is 41.5 Å². The normalized spacial score (nSPS) is 12.7. The van der Waals surface area contributed by atoms with E-state index in [0.29, 0.717) is 5.92 Å². The summed E-state index contributed by atoms with van der Waals surface area (Å²) < 4.78 is 1.65. The molecule has 0 aliphatic carbocycles. The molecule has 0 bridgehead atoms. The highest BCUT2D eigenvalue weighted by atomic mass is 15.5. The molecule has 4 nitrogen and oxygen atoms in total. The van der Waals surface area contributed by atoms with Crippen LogP contribution in [0.3, 0.4) is 0 Å². The van der Waals surface area contributed by atoms with Crippen LogP contribution in [0.5, 0.6) is 0 Å². The smallest absolute Gasteiger partial charge is 0.143 e. The first-order valence-electron chi connectivity index (χ1n) is 5.14. The van der Waals surface area contributed by atoms with Crippen LogP contribution in [0.2, 0.25) is 0 Å². The van der Waals surface area contributed by atoms with Crippen molar-refractivity contribution >= 4 is 0 Å². The summed E-state index contributed by atoms with van der Waals surface area (Å²) >= 11 is 0. The van der Waals surface area contributed by atoms with Crippen molar-refractivity contribution in [3.8, 4) is 5.69 Å². The minimum Gasteiger partial charge on any atom is -0.201 e. The fourth-order valence-electron chi connectivity index (χ4n) is 1.47. The number of rotatable bonds is 3. The molecule has 0 N–H and O–H groups in total. The molecule has 1 atom stereocenters. The lowest BCUT2D eigenvalue weighted by Gasteiger charge is -2.09. The third-order valence-electron chi connectivity index (χ3n) is 2.69. The molecule has 1 aromatic heterocycles. The maximum atomic E-state index is 3.84. The molecule has 1 aromatic carbocycles. The van der Waals surface area contributed by atoms with Crippen molar-refractivity contribution in [3.63, 3.8) is 0 Å². The van der Waals surface area contributed by atoms with Gasteiger partial charge in [0.1, 0.15) is 6.33 Å². The van der Waals surface area contributed by atoms with Crippen molar-refractivity contribution in [2.24, 2.45) is 0 Å². The SMILES string of the molecule is CCC(C)c1ccc(-n2cnnn2)cc1. The molecule has 0 radical (unpaired) electrons. The Morgan fingerprint density at radius 1 is 1.27 bits per heavy atom. The molecule has 0 fully saturated rings. The van der Waals surface area contributed by atoms with Gasteiger partial charge >= 0.3 is 0 Å². The highest BCUT2D eigenvalue weighted by Crippen LogP contribution is 2.19. The molecule has 0 aliphatic heterocycles. The van der Waals surface area contributed by atoms with E-state index in [0.717, 1.165) is 12.1 Å². The van der Waals surface area contributed by atoms with Crippen molar-refractivity contribution < 1.29 is 0 Å². The highest BCUT2D eigenvalue weighted by molar-refractivity contribution is 5.34. The van der Waals surface area contributed by atoms with Gasteiger partial charge in [0.15, 0.2) is 0 Å². The van der Waals surface area contributed by atoms with E-state index in [9.17, 15) is 0 Å². The van der Waals surface area contributed by atoms with E-state index in [1.54, 1.807) is 11.0 Å². The highest BCUT2D eigenvalue weighted by Gasteiger charge is 2.03. The van der Waals surface area contributed by atoms with Gasteiger partial charge in [-0.05, 0) is 40.5 Å². The zero-order valence-corrected chi connectivity index (χ0v) is 8.96. The van der Waals surface area contributed by atoms with Crippen LogP contribution in [-0.2, 0) is 0 Å². The van der Waals surface area contributed by atoms with Crippen molar-refractivity contribution in [3.05, 3.63) is 36.2 Å². The molecule has 0 amide bonds. The Hall–Kier alpha value is -1.71. The first kappa shape index (κ1) is 9.83. The molecule has 1 unspecified atom stereocenters. The van der Waals surface area contributed by atoms with Crippen LogP contribution in [0.1, 0.15) is 31.7 Å². The Morgan fingerprint density at radius 2 is 2.00 bits per heavy atom. The number of benzene rings is 1. The average molecular weight is 202 g/mol. The van der Waals surface area contributed by atoms with Crippen LogP contribution in [0.4, 0.5) is 0 Å². The summed E-state index contributed by atoms with van der Waals surface area (Å²) in [5.41, 5.74) is 2.35. The molecule has 0 saturated carbocycles. The third kappa shape index (κ3) is 2.03. The summed E-state index contributed by atoms with van der Waals surface area (Å²) in [4.78, 5) is 0. The van der Waals surface area contributed by atoms with Crippen LogP contribution in [0, 0.1) is 0 Å². The predicted molar refractivity (Wildman–Crippen MR) is 57.9 cm³/mol. The Bertz CT molecular complexity index is 405. The molecule has 2 aromatic rings. The standard InChI is InChI=1S/C11H14N4/c1-3-9(2)10-4-6-11(7-5-10)15-8-12-13-14-15/h4-9H,3H2,1-2H3. The van der Waals surface area contributed by atoms with Gasteiger partial charge in [0.25, 0.3) is 0 Å². The van der Waals surface area contributed by atoms with Gasteiger partial charge in [0, 0.05) is 0 Å². The molecule has 1 heterocycles. The number of tetrazole rings is 1. The number of nitrogens with zero attached hydrogens (tertiary/aromatic N) is 4. The van der Waals surface area contributed by atoms with Gasteiger partial charge < -0.3 is 0 Å². The summed E-state index contributed by atoms with van der Waals surface area (Å²) in [6, 6.07) is 8.34. The molecule has 0 saturated heterocycles. The van der Waals surface area contributed by atoms with E-state index in [-0.39, 0.29) is 0 Å². The fraction of sp³-hybridized carbons (Fsp3) is 0.364. The monoisotopic (exact) mass is 202 g/mol. The lowest BCUT2D eigenvalue weighted by Crippen LogP contribution is -1.96. The zero-order chi connectivity index (χ0) is 10.7. The van der Waals surface area contributed by atoms with Crippen molar-refractivity contribution in [2.75, 3.05) is 0 Å². The molecular weight excluding hydrogens is 188 g/mol. The topological polar surface area (TPSA) is 43.6 Å². The van der Waals surface area contributed by atoms with E-state index >= 15 is 0 Å². The number of hydrogen-bond acceptors (Lipinski definition) is 3. The fourth-order valence-corrected chi connectivity index (χ4v) is 1.47. The van der Waals surface area contributed by atoms with E-state index in [4.69, 9.17) is 0 Å². The minimum atomic E-state index is 0.605. The lowest BCUT2D eigenvalue weighted by molar-refractivity contribution is 0.731. The Morgan fingerprint density at radius 3 is 2.53 bits per heavy atom. The summed E-state index contributed by atoms with van der Waals surface area (Å²) in [6.07, 6.45) is 2.75. The van der Waals surface area contributed by atoms with Crippen LogP contribution < -0.4 is 0 Å². The van der Waals surface area contributed by atoms with Crippen LogP contribution in [-0.4, -0.2) is 20.2 Å². The second kappa shape index (κ2) is 4.21. The Kier molecular flexibility index (Phi) is 2.76. The van der Waals surface area contributed by atoms with Gasteiger partial charge in [0.05, 0.1) is 5.69 Å². The quantitative estimate of drug-likeness (QED) is 0.766. The van der Waals surface area contributed by atoms with Gasteiger partial charge in [-0.2, -0.15) is 0 Å². The number of aromatic nitrogens is 4. The van der Waals surface area contributed by atoms with Crippen molar-refractivity contribution in [2.45, 2.75) is 26.2 Å². The number of hydrogen-bond donors (Lipinski definition) is 0. The third-order valence-corrected chi connectivity index (χ3v) is 2.69. The summed E-state index contributed by atoms with van der Waals surface area (Å²) in [6.45, 7) is 4.42. The molecule has 0 aliphatic rings. The van der Waals surface area contributed by atoms with E-state index in [1.807, 2.05) is 12.1 Å². The van der Waals surface area contributed by atoms with Crippen molar-refractivity contribution in [1.82, 2.24) is 20.2 Å². The summed E-state index contributed by atoms with van der Waals surface area (Å²) in [7, 11) is 0. The second-order valence-electron chi connectivity index (χ2n) is 3.66. The van der Waals surface area contributed by atoms with Crippen molar-refractivity contribution in [1.29, 1.82) is 0 Å². The molecule has 15 heavy (non-hydrogen) atoms. The summed E-state index contributed by atoms with van der Waals surface area (Å²) in [5, 5.41) is 11.0. The molecule has 4 heteroatoms. The summed E-state index contributed by atoms with van der Waals surface area (Å²) in [5.74, 6) is 0.605. The van der Waals surface area contributed by atoms with Crippen LogP contribution in [0.25, 0.3) is 5.69 Å². The first-order valence-corrected chi connectivity index (χ1v) is 5.14. The minimum absolute atomic E-state index is 0.605. The maximum Gasteiger partial charge on any atom is 0.143 e. The van der Waals surface area contributed by atoms with Gasteiger partial charge in [-0.25, -0.2) is 4.68 Å². The van der Waals surface area contributed by atoms with E-state index in [1.165, 1.54) is 5.56 Å². The van der Waals surface area contributed by atoms with Crippen LogP contribution >= 0.6 is 0 Å². The molecule has 2 rings (SSSR count). The Labute approximate surface area is 88.9 Å². The maximum absolute atomic E-state index is 3.84. The van der Waals surface area contributed by atoms with Gasteiger partial charge in [-0.15, -0.1) is 5.10 Å².